The number of aryl methyl sites for hydroxylation is 1. The number of aromatic nitrogens is 2. The molecule has 5 nitrogen and oxygen atoms in total. The Morgan fingerprint density at radius 2 is 1.85 bits per heavy atom. The van der Waals surface area contributed by atoms with Crippen molar-refractivity contribution in [2.45, 2.75) is 26.3 Å². The molecule has 134 valence electrons. The van der Waals surface area contributed by atoms with Crippen molar-refractivity contribution in [1.82, 2.24) is 5.10 Å². The lowest BCUT2D eigenvalue weighted by Crippen LogP contribution is -2.42. The van der Waals surface area contributed by atoms with Crippen LogP contribution in [-0.2, 0) is 16.1 Å². The monoisotopic (exact) mass is 370 g/mol. The summed E-state index contributed by atoms with van der Waals surface area (Å²) in [7, 11) is 0. The fraction of sp³-hybridized carbons (Fsp3) is 0.250. The van der Waals surface area contributed by atoms with Gasteiger partial charge in [0.2, 0.25) is 0 Å². The largest absolute Gasteiger partial charge is 0.466 e. The standard InChI is InChI=1S/C20H20ClN3O2/c1-2-26-18(25)8-5-13-24-20(22)17-7-4-3-6-16(17)19(23-24)14-9-11-15(21)12-10-14/h3-4,6-7,9-12,22H,2,5,8,13H2,1H3/p+1. The van der Waals surface area contributed by atoms with Gasteiger partial charge in [0.25, 0.3) is 0 Å². The van der Waals surface area contributed by atoms with Gasteiger partial charge in [-0.3, -0.25) is 10.5 Å². The Labute approximate surface area is 157 Å². The van der Waals surface area contributed by atoms with Crippen molar-refractivity contribution in [3.63, 3.8) is 0 Å². The molecular formula is C20H21ClN3O2+. The number of benzene rings is 2. The Balaban J connectivity index is 1.97. The highest BCUT2D eigenvalue weighted by molar-refractivity contribution is 6.30. The molecule has 26 heavy (non-hydrogen) atoms. The van der Waals surface area contributed by atoms with Gasteiger partial charge in [0.1, 0.15) is 12.2 Å². The van der Waals surface area contributed by atoms with E-state index < -0.39 is 0 Å². The van der Waals surface area contributed by atoms with E-state index in [-0.39, 0.29) is 5.97 Å². The number of hydrogen-bond donors (Lipinski definition) is 1. The summed E-state index contributed by atoms with van der Waals surface area (Å²) in [5.74, 6) is 0.382. The highest BCUT2D eigenvalue weighted by Gasteiger charge is 2.17. The van der Waals surface area contributed by atoms with Crippen molar-refractivity contribution in [2.24, 2.45) is 0 Å². The lowest BCUT2D eigenvalue weighted by atomic mass is 10.0. The molecule has 0 saturated heterocycles. The molecule has 0 amide bonds. The van der Waals surface area contributed by atoms with Gasteiger partial charge in [-0.05, 0) is 31.5 Å². The van der Waals surface area contributed by atoms with Crippen LogP contribution in [0.4, 0.5) is 5.82 Å². The van der Waals surface area contributed by atoms with Crippen LogP contribution in [0.1, 0.15) is 19.8 Å². The molecule has 0 saturated carbocycles. The fourth-order valence-electron chi connectivity index (χ4n) is 2.88. The summed E-state index contributed by atoms with van der Waals surface area (Å²) in [5.41, 5.74) is 8.13. The van der Waals surface area contributed by atoms with Gasteiger partial charge in [0, 0.05) is 22.4 Å². The van der Waals surface area contributed by atoms with E-state index in [1.807, 2.05) is 48.5 Å². The van der Waals surface area contributed by atoms with Crippen LogP contribution in [0.2, 0.25) is 5.02 Å². The minimum absolute atomic E-state index is 0.203. The molecule has 0 fully saturated rings. The molecule has 1 aromatic heterocycles. The second kappa shape index (κ2) is 8.15. The molecule has 1 heterocycles. The van der Waals surface area contributed by atoms with Gasteiger partial charge >= 0.3 is 11.8 Å². The number of ether oxygens (including phenoxy) is 1. The van der Waals surface area contributed by atoms with Crippen molar-refractivity contribution in [3.05, 3.63) is 53.6 Å². The zero-order valence-electron chi connectivity index (χ0n) is 14.6. The quantitative estimate of drug-likeness (QED) is 0.529. The first-order chi connectivity index (χ1) is 12.6. The van der Waals surface area contributed by atoms with Gasteiger partial charge in [-0.25, -0.2) is 0 Å². The fourth-order valence-corrected chi connectivity index (χ4v) is 3.00. The van der Waals surface area contributed by atoms with Crippen LogP contribution in [0.15, 0.2) is 48.5 Å². The molecule has 2 aromatic carbocycles. The van der Waals surface area contributed by atoms with Crippen LogP contribution >= 0.6 is 11.6 Å². The lowest BCUT2D eigenvalue weighted by Gasteiger charge is -2.10. The molecule has 0 unspecified atom stereocenters. The third-order valence-electron chi connectivity index (χ3n) is 4.13. The van der Waals surface area contributed by atoms with E-state index in [0.717, 1.165) is 22.0 Å². The Hall–Kier alpha value is -2.66. The smallest absolute Gasteiger partial charge is 0.305 e. The molecule has 0 radical (unpaired) electrons. The average Bonchev–Trinajstić information content (AvgIpc) is 2.65. The third kappa shape index (κ3) is 3.94. The molecule has 0 atom stereocenters. The number of halogens is 1. The maximum absolute atomic E-state index is 11.6. The normalized spacial score (nSPS) is 10.8. The summed E-state index contributed by atoms with van der Waals surface area (Å²) in [6.45, 7) is 2.73. The summed E-state index contributed by atoms with van der Waals surface area (Å²) >= 11 is 6.01. The van der Waals surface area contributed by atoms with Crippen molar-refractivity contribution in [1.29, 1.82) is 0 Å². The SMILES string of the molecule is CCOC(=O)CCC[n+]1nc(-c2ccc(Cl)cc2)c2ccccc2c1N. The summed E-state index contributed by atoms with van der Waals surface area (Å²) < 4.78 is 6.73. The van der Waals surface area contributed by atoms with E-state index in [2.05, 4.69) is 0 Å². The van der Waals surface area contributed by atoms with Gasteiger partial charge in [0.05, 0.1) is 12.0 Å². The van der Waals surface area contributed by atoms with Crippen molar-refractivity contribution in [3.8, 4) is 11.3 Å². The first-order valence-electron chi connectivity index (χ1n) is 8.60. The number of fused-ring (bicyclic) bond motifs is 1. The maximum atomic E-state index is 11.6. The number of anilines is 1. The van der Waals surface area contributed by atoms with Crippen molar-refractivity contribution < 1.29 is 14.2 Å². The Morgan fingerprint density at radius 1 is 1.15 bits per heavy atom. The summed E-state index contributed by atoms with van der Waals surface area (Å²) in [4.78, 5) is 11.6. The molecule has 3 aromatic rings. The van der Waals surface area contributed by atoms with Crippen LogP contribution in [0.25, 0.3) is 22.0 Å². The molecule has 0 aliphatic carbocycles. The Bertz CT molecular complexity index is 926. The number of hydrogen-bond acceptors (Lipinski definition) is 4. The Kier molecular flexibility index (Phi) is 5.68. The highest BCUT2D eigenvalue weighted by atomic mass is 35.5. The summed E-state index contributed by atoms with van der Waals surface area (Å²) in [6.07, 6.45) is 0.949. The zero-order valence-corrected chi connectivity index (χ0v) is 15.4. The van der Waals surface area contributed by atoms with Crippen molar-refractivity contribution in [2.75, 3.05) is 12.3 Å². The number of nitrogens with zero attached hydrogens (tertiary/aromatic N) is 2. The number of carbonyl (C=O) groups excluding carboxylic acids is 1. The van der Waals surface area contributed by atoms with Gasteiger partial charge < -0.3 is 4.74 Å². The lowest BCUT2D eigenvalue weighted by molar-refractivity contribution is -0.738. The van der Waals surface area contributed by atoms with Crippen LogP contribution in [0.3, 0.4) is 0 Å². The molecule has 3 rings (SSSR count). The zero-order chi connectivity index (χ0) is 18.5. The van der Waals surface area contributed by atoms with E-state index in [9.17, 15) is 4.79 Å². The molecule has 0 aliphatic heterocycles. The molecule has 2 N–H and O–H groups in total. The predicted octanol–water partition coefficient (Wildman–Crippen LogP) is 3.77. The number of esters is 1. The molecular weight excluding hydrogens is 350 g/mol. The predicted molar refractivity (Wildman–Crippen MR) is 103 cm³/mol. The molecule has 0 spiro atoms. The van der Waals surface area contributed by atoms with Gasteiger partial charge in [0.15, 0.2) is 0 Å². The number of carbonyl (C=O) groups is 1. The maximum Gasteiger partial charge on any atom is 0.305 e. The summed E-state index contributed by atoms with van der Waals surface area (Å²) in [5, 5.41) is 7.33. The third-order valence-corrected chi connectivity index (χ3v) is 4.38. The van der Waals surface area contributed by atoms with Gasteiger partial charge in [-0.15, -0.1) is 4.68 Å². The van der Waals surface area contributed by atoms with E-state index in [4.69, 9.17) is 27.2 Å². The molecule has 6 heteroatoms. The van der Waals surface area contributed by atoms with E-state index in [0.29, 0.717) is 36.8 Å². The van der Waals surface area contributed by atoms with Crippen LogP contribution in [-0.4, -0.2) is 17.7 Å². The first kappa shape index (κ1) is 18.1. The first-order valence-corrected chi connectivity index (χ1v) is 8.98. The van der Waals surface area contributed by atoms with E-state index in [1.54, 1.807) is 11.6 Å². The number of rotatable bonds is 6. The van der Waals surface area contributed by atoms with Crippen molar-refractivity contribution >= 4 is 34.2 Å². The van der Waals surface area contributed by atoms with Crippen LogP contribution < -0.4 is 10.4 Å². The minimum atomic E-state index is -0.203. The van der Waals surface area contributed by atoms with Gasteiger partial charge in [-0.1, -0.05) is 47.0 Å². The van der Waals surface area contributed by atoms with E-state index in [1.165, 1.54) is 0 Å². The second-order valence-corrected chi connectivity index (χ2v) is 6.35. The second-order valence-electron chi connectivity index (χ2n) is 5.92. The molecule has 0 bridgehead atoms. The van der Waals surface area contributed by atoms with Crippen LogP contribution in [0, 0.1) is 0 Å². The minimum Gasteiger partial charge on any atom is -0.466 e. The summed E-state index contributed by atoms with van der Waals surface area (Å²) in [6, 6.07) is 15.5. The highest BCUT2D eigenvalue weighted by Crippen LogP contribution is 2.28. The number of nitrogens with two attached hydrogens (primary N) is 1. The molecule has 0 aliphatic rings. The Morgan fingerprint density at radius 3 is 2.54 bits per heavy atom. The average molecular weight is 371 g/mol. The topological polar surface area (TPSA) is 69.1 Å². The van der Waals surface area contributed by atoms with E-state index >= 15 is 0 Å². The van der Waals surface area contributed by atoms with Gasteiger partial charge in [-0.2, -0.15) is 0 Å². The number of nitrogen functional groups attached to an aromatic ring is 1. The van der Waals surface area contributed by atoms with Crippen LogP contribution in [0.5, 0.6) is 0 Å².